The number of benzene rings is 1. The molecular formula is C15H14N4O. The van der Waals surface area contributed by atoms with Gasteiger partial charge in [-0.3, -0.25) is 4.79 Å². The first-order chi connectivity index (χ1) is 9.81. The molecule has 5 heteroatoms. The molecule has 20 heavy (non-hydrogen) atoms. The van der Waals surface area contributed by atoms with Crippen LogP contribution in [0.25, 0.3) is 0 Å². The maximum absolute atomic E-state index is 12.1. The van der Waals surface area contributed by atoms with Crippen molar-refractivity contribution in [1.82, 2.24) is 10.2 Å². The quantitative estimate of drug-likeness (QED) is 0.728. The van der Waals surface area contributed by atoms with Gasteiger partial charge in [0.25, 0.3) is 0 Å². The van der Waals surface area contributed by atoms with Gasteiger partial charge in [-0.2, -0.15) is 5.10 Å². The lowest BCUT2D eigenvalue weighted by molar-refractivity contribution is 0.0979. The van der Waals surface area contributed by atoms with Gasteiger partial charge in [0, 0.05) is 12.0 Å². The highest BCUT2D eigenvalue weighted by atomic mass is 16.1. The minimum Gasteiger partial charge on any atom is -0.294 e. The van der Waals surface area contributed by atoms with E-state index in [-0.39, 0.29) is 5.78 Å². The molecule has 0 N–H and O–H groups in total. The van der Waals surface area contributed by atoms with Crippen LogP contribution in [0.3, 0.4) is 0 Å². The second-order valence-corrected chi connectivity index (χ2v) is 4.80. The van der Waals surface area contributed by atoms with E-state index in [1.165, 1.54) is 0 Å². The number of aromatic nitrogens is 2. The summed E-state index contributed by atoms with van der Waals surface area (Å²) in [7, 11) is 0. The third-order valence-corrected chi connectivity index (χ3v) is 3.25. The number of Topliss-reactive ketones (excluding diaryl/α,β-unsaturated/α-hetero) is 1. The highest BCUT2D eigenvalue weighted by Gasteiger charge is 2.08. The van der Waals surface area contributed by atoms with Crippen molar-refractivity contribution in [2.75, 3.05) is 0 Å². The van der Waals surface area contributed by atoms with Crippen LogP contribution in [0.1, 0.15) is 35.2 Å². The molecule has 0 radical (unpaired) electrons. The monoisotopic (exact) mass is 266 g/mol. The van der Waals surface area contributed by atoms with Gasteiger partial charge in [0.1, 0.15) is 0 Å². The molecule has 1 aliphatic rings. The van der Waals surface area contributed by atoms with Crippen LogP contribution >= 0.6 is 0 Å². The van der Waals surface area contributed by atoms with E-state index in [1.54, 1.807) is 12.3 Å². The van der Waals surface area contributed by atoms with E-state index in [0.717, 1.165) is 24.8 Å². The lowest BCUT2D eigenvalue weighted by Crippen LogP contribution is -1.99. The Hall–Kier alpha value is -2.43. The summed E-state index contributed by atoms with van der Waals surface area (Å²) in [6.07, 6.45) is 5.00. The first-order valence-electron chi connectivity index (χ1n) is 6.68. The van der Waals surface area contributed by atoms with Crippen molar-refractivity contribution >= 4 is 17.3 Å². The van der Waals surface area contributed by atoms with Crippen molar-refractivity contribution in [3.8, 4) is 0 Å². The molecule has 1 aromatic heterocycles. The highest BCUT2D eigenvalue weighted by molar-refractivity contribution is 5.96. The number of carbonyl (C=O) groups excluding carboxylic acids is 1. The SMILES string of the molecule is O=C1CCCCc2cnnc(c2)N=Nc2cccc1c2. The fourth-order valence-electron chi connectivity index (χ4n) is 2.19. The van der Waals surface area contributed by atoms with E-state index in [1.807, 2.05) is 24.3 Å². The lowest BCUT2D eigenvalue weighted by atomic mass is 10.0. The van der Waals surface area contributed by atoms with Crippen molar-refractivity contribution in [3.63, 3.8) is 0 Å². The number of carbonyl (C=O) groups is 1. The van der Waals surface area contributed by atoms with Gasteiger partial charge in [-0.25, -0.2) is 0 Å². The first kappa shape index (κ1) is 12.6. The smallest absolute Gasteiger partial charge is 0.196 e. The van der Waals surface area contributed by atoms with Gasteiger partial charge in [-0.1, -0.05) is 12.1 Å². The number of fused-ring (bicyclic) bond motifs is 4. The molecule has 0 unspecified atom stereocenters. The van der Waals surface area contributed by atoms with Crippen LogP contribution in [0.4, 0.5) is 11.5 Å². The minimum atomic E-state index is 0.157. The molecule has 3 rings (SSSR count). The summed E-state index contributed by atoms with van der Waals surface area (Å²) in [5.74, 6) is 0.655. The van der Waals surface area contributed by atoms with Crippen LogP contribution in [-0.4, -0.2) is 16.0 Å². The lowest BCUT2D eigenvalue weighted by Gasteiger charge is -2.02. The zero-order valence-corrected chi connectivity index (χ0v) is 11.0. The molecule has 0 aliphatic carbocycles. The number of hydrogen-bond acceptors (Lipinski definition) is 5. The standard InChI is InChI=1S/C15H14N4O/c20-14-7-2-1-4-11-8-15(18-16-10-11)19-17-13-6-3-5-12(14)9-13/h3,5-6,8-10H,1-2,4,7H2. The Morgan fingerprint density at radius 2 is 1.90 bits per heavy atom. The van der Waals surface area contributed by atoms with E-state index >= 15 is 0 Å². The van der Waals surface area contributed by atoms with E-state index in [0.29, 0.717) is 23.5 Å². The predicted molar refractivity (Wildman–Crippen MR) is 74.5 cm³/mol. The van der Waals surface area contributed by atoms with Crippen molar-refractivity contribution in [1.29, 1.82) is 0 Å². The van der Waals surface area contributed by atoms with E-state index in [9.17, 15) is 4.79 Å². The predicted octanol–water partition coefficient (Wildman–Crippen LogP) is 3.80. The molecule has 0 saturated carbocycles. The van der Waals surface area contributed by atoms with Gasteiger partial charge in [-0.05, 0) is 43.0 Å². The fraction of sp³-hybridized carbons (Fsp3) is 0.267. The molecule has 2 heterocycles. The number of aryl methyl sites for hydroxylation is 1. The summed E-state index contributed by atoms with van der Waals surface area (Å²) in [4.78, 5) is 12.1. The van der Waals surface area contributed by atoms with Gasteiger partial charge < -0.3 is 0 Å². The molecule has 0 fully saturated rings. The summed E-state index contributed by atoms with van der Waals surface area (Å²) in [5.41, 5.74) is 2.42. The van der Waals surface area contributed by atoms with E-state index in [4.69, 9.17) is 0 Å². The molecule has 0 atom stereocenters. The molecule has 4 bridgehead atoms. The van der Waals surface area contributed by atoms with Gasteiger partial charge in [-0.15, -0.1) is 15.3 Å². The average Bonchev–Trinajstić information content (AvgIpc) is 2.50. The van der Waals surface area contributed by atoms with Crippen molar-refractivity contribution in [2.24, 2.45) is 10.2 Å². The van der Waals surface area contributed by atoms with E-state index < -0.39 is 0 Å². The van der Waals surface area contributed by atoms with Crippen LogP contribution in [0.5, 0.6) is 0 Å². The number of azo groups is 1. The Labute approximate surface area is 116 Å². The van der Waals surface area contributed by atoms with E-state index in [2.05, 4.69) is 20.4 Å². The van der Waals surface area contributed by atoms with Crippen molar-refractivity contribution in [3.05, 3.63) is 47.7 Å². The van der Waals surface area contributed by atoms with Gasteiger partial charge in [0.15, 0.2) is 11.6 Å². The maximum atomic E-state index is 12.1. The number of rotatable bonds is 0. The maximum Gasteiger partial charge on any atom is 0.196 e. The van der Waals surface area contributed by atoms with Gasteiger partial charge in [0.2, 0.25) is 0 Å². The second-order valence-electron chi connectivity index (χ2n) is 4.80. The third kappa shape index (κ3) is 2.93. The summed E-state index contributed by atoms with van der Waals surface area (Å²) < 4.78 is 0. The fourth-order valence-corrected chi connectivity index (χ4v) is 2.19. The van der Waals surface area contributed by atoms with Crippen LogP contribution < -0.4 is 0 Å². The normalized spacial score (nSPS) is 15.1. The molecular weight excluding hydrogens is 252 g/mol. The summed E-state index contributed by atoms with van der Waals surface area (Å²) in [6, 6.07) is 9.11. The molecule has 5 nitrogen and oxygen atoms in total. The summed E-state index contributed by atoms with van der Waals surface area (Å²) in [5, 5.41) is 16.1. The number of ketones is 1. The average molecular weight is 266 g/mol. The Balaban J connectivity index is 1.99. The molecule has 100 valence electrons. The first-order valence-corrected chi connectivity index (χ1v) is 6.68. The van der Waals surface area contributed by atoms with Crippen LogP contribution in [0.2, 0.25) is 0 Å². The van der Waals surface area contributed by atoms with Crippen LogP contribution in [0, 0.1) is 0 Å². The summed E-state index contributed by atoms with van der Waals surface area (Å²) in [6.45, 7) is 0. The van der Waals surface area contributed by atoms with Crippen molar-refractivity contribution < 1.29 is 4.79 Å². The molecule has 1 aromatic carbocycles. The molecule has 0 saturated heterocycles. The highest BCUT2D eigenvalue weighted by Crippen LogP contribution is 2.21. The third-order valence-electron chi connectivity index (χ3n) is 3.25. The minimum absolute atomic E-state index is 0.157. The molecule has 0 amide bonds. The topological polar surface area (TPSA) is 67.6 Å². The van der Waals surface area contributed by atoms with Gasteiger partial charge in [0.05, 0.1) is 11.9 Å². The zero-order chi connectivity index (χ0) is 13.8. The van der Waals surface area contributed by atoms with Crippen molar-refractivity contribution in [2.45, 2.75) is 25.7 Å². The van der Waals surface area contributed by atoms with Crippen LogP contribution in [0.15, 0.2) is 46.8 Å². The second kappa shape index (κ2) is 5.69. The Kier molecular flexibility index (Phi) is 3.58. The molecule has 0 spiro atoms. The Bertz CT molecular complexity index is 666. The Morgan fingerprint density at radius 1 is 1.00 bits per heavy atom. The molecule has 1 aliphatic heterocycles. The largest absolute Gasteiger partial charge is 0.294 e. The molecule has 2 aromatic rings. The number of hydrogen-bond donors (Lipinski definition) is 0. The van der Waals surface area contributed by atoms with Crippen LogP contribution in [-0.2, 0) is 6.42 Å². The zero-order valence-electron chi connectivity index (χ0n) is 11.0. The Morgan fingerprint density at radius 3 is 2.85 bits per heavy atom. The number of nitrogens with zero attached hydrogens (tertiary/aromatic N) is 4. The summed E-state index contributed by atoms with van der Waals surface area (Å²) >= 11 is 0. The van der Waals surface area contributed by atoms with Gasteiger partial charge >= 0.3 is 0 Å².